The molecular weight excluding hydrogens is 240 g/mol. The first-order chi connectivity index (χ1) is 9.10. The second-order valence-corrected chi connectivity index (χ2v) is 4.34. The Bertz CT molecular complexity index is 603. The number of carbonyl (C=O) groups excluding carboxylic acids is 1. The minimum absolute atomic E-state index is 0.0151. The summed E-state index contributed by atoms with van der Waals surface area (Å²) in [6, 6.07) is 12.8. The van der Waals surface area contributed by atoms with Gasteiger partial charge in [0.2, 0.25) is 0 Å². The fraction of sp³-hybridized carbons (Fsp3) is 0.188. The van der Waals surface area contributed by atoms with Gasteiger partial charge < -0.3 is 9.47 Å². The first-order valence-electron chi connectivity index (χ1n) is 6.03. The molecule has 0 amide bonds. The topological polar surface area (TPSA) is 35.5 Å². The lowest BCUT2D eigenvalue weighted by Crippen LogP contribution is -1.94. The van der Waals surface area contributed by atoms with Crippen molar-refractivity contribution < 1.29 is 14.3 Å². The molecule has 0 heterocycles. The van der Waals surface area contributed by atoms with Crippen LogP contribution in [0.4, 0.5) is 0 Å². The maximum Gasteiger partial charge on any atom is 0.169 e. The van der Waals surface area contributed by atoms with Crippen LogP contribution in [0.2, 0.25) is 0 Å². The quantitative estimate of drug-likeness (QED) is 0.776. The number of ketones is 1. The summed E-state index contributed by atoms with van der Waals surface area (Å²) in [6.07, 6.45) is 0. The average molecular weight is 256 g/mol. The van der Waals surface area contributed by atoms with E-state index in [1.165, 1.54) is 6.92 Å². The van der Waals surface area contributed by atoms with Crippen LogP contribution in [-0.2, 0) is 0 Å². The maximum atomic E-state index is 11.3. The summed E-state index contributed by atoms with van der Waals surface area (Å²) < 4.78 is 11.1. The lowest BCUT2D eigenvalue weighted by molar-refractivity contribution is 0.101. The SMILES string of the molecule is COc1cc(C)ccc1Oc1cccc(C(C)=O)c1. The summed E-state index contributed by atoms with van der Waals surface area (Å²) in [5.41, 5.74) is 1.73. The zero-order valence-corrected chi connectivity index (χ0v) is 11.3. The highest BCUT2D eigenvalue weighted by molar-refractivity contribution is 5.94. The van der Waals surface area contributed by atoms with Crippen LogP contribution in [-0.4, -0.2) is 12.9 Å². The molecule has 0 aliphatic rings. The van der Waals surface area contributed by atoms with E-state index in [4.69, 9.17) is 9.47 Å². The number of hydrogen-bond donors (Lipinski definition) is 0. The first-order valence-corrected chi connectivity index (χ1v) is 6.03. The molecule has 98 valence electrons. The molecule has 3 nitrogen and oxygen atoms in total. The van der Waals surface area contributed by atoms with Crippen LogP contribution < -0.4 is 9.47 Å². The smallest absolute Gasteiger partial charge is 0.169 e. The summed E-state index contributed by atoms with van der Waals surface area (Å²) in [5, 5.41) is 0. The summed E-state index contributed by atoms with van der Waals surface area (Å²) in [7, 11) is 1.60. The minimum atomic E-state index is 0.0151. The van der Waals surface area contributed by atoms with Crippen LogP contribution in [0, 0.1) is 6.92 Å². The average Bonchev–Trinajstić information content (AvgIpc) is 2.41. The van der Waals surface area contributed by atoms with Crippen molar-refractivity contribution in [2.24, 2.45) is 0 Å². The number of ether oxygens (including phenoxy) is 2. The first kappa shape index (κ1) is 13.1. The van der Waals surface area contributed by atoms with E-state index in [-0.39, 0.29) is 5.78 Å². The van der Waals surface area contributed by atoms with Crippen molar-refractivity contribution in [2.45, 2.75) is 13.8 Å². The Hall–Kier alpha value is -2.29. The minimum Gasteiger partial charge on any atom is -0.493 e. The monoisotopic (exact) mass is 256 g/mol. The van der Waals surface area contributed by atoms with E-state index in [1.54, 1.807) is 25.3 Å². The third-order valence-corrected chi connectivity index (χ3v) is 2.79. The van der Waals surface area contributed by atoms with Crippen LogP contribution in [0.1, 0.15) is 22.8 Å². The molecule has 0 bridgehead atoms. The van der Waals surface area contributed by atoms with Gasteiger partial charge in [-0.1, -0.05) is 18.2 Å². The van der Waals surface area contributed by atoms with Gasteiger partial charge in [-0.25, -0.2) is 0 Å². The zero-order valence-electron chi connectivity index (χ0n) is 11.3. The van der Waals surface area contributed by atoms with Crippen molar-refractivity contribution in [3.05, 3.63) is 53.6 Å². The van der Waals surface area contributed by atoms with Crippen molar-refractivity contribution in [1.82, 2.24) is 0 Å². The van der Waals surface area contributed by atoms with Gasteiger partial charge in [0.25, 0.3) is 0 Å². The van der Waals surface area contributed by atoms with Crippen LogP contribution in [0.15, 0.2) is 42.5 Å². The summed E-state index contributed by atoms with van der Waals surface area (Å²) >= 11 is 0. The second kappa shape index (κ2) is 5.57. The van der Waals surface area contributed by atoms with E-state index in [9.17, 15) is 4.79 Å². The van der Waals surface area contributed by atoms with E-state index in [1.807, 2.05) is 31.2 Å². The molecule has 2 aromatic carbocycles. The van der Waals surface area contributed by atoms with E-state index in [0.29, 0.717) is 22.8 Å². The predicted octanol–water partition coefficient (Wildman–Crippen LogP) is 4.00. The van der Waals surface area contributed by atoms with Crippen molar-refractivity contribution in [1.29, 1.82) is 0 Å². The molecule has 0 saturated carbocycles. The Kier molecular flexibility index (Phi) is 3.85. The molecule has 0 saturated heterocycles. The number of aryl methyl sites for hydroxylation is 1. The largest absolute Gasteiger partial charge is 0.493 e. The highest BCUT2D eigenvalue weighted by Gasteiger charge is 2.07. The molecule has 0 atom stereocenters. The number of carbonyl (C=O) groups is 1. The Morgan fingerprint density at radius 3 is 2.53 bits per heavy atom. The fourth-order valence-electron chi connectivity index (χ4n) is 1.76. The standard InChI is InChI=1S/C16H16O3/c1-11-7-8-15(16(9-11)18-3)19-14-6-4-5-13(10-14)12(2)17/h4-10H,1-3H3. The lowest BCUT2D eigenvalue weighted by atomic mass is 10.1. The fourth-order valence-corrected chi connectivity index (χ4v) is 1.76. The van der Waals surface area contributed by atoms with Crippen LogP contribution in [0.5, 0.6) is 17.2 Å². The predicted molar refractivity (Wildman–Crippen MR) is 74.3 cm³/mol. The van der Waals surface area contributed by atoms with Gasteiger partial charge in [0.05, 0.1) is 7.11 Å². The molecule has 0 unspecified atom stereocenters. The highest BCUT2D eigenvalue weighted by Crippen LogP contribution is 2.32. The van der Waals surface area contributed by atoms with Gasteiger partial charge in [-0.2, -0.15) is 0 Å². The van der Waals surface area contributed by atoms with E-state index < -0.39 is 0 Å². The molecule has 2 rings (SSSR count). The molecule has 0 aliphatic heterocycles. The summed E-state index contributed by atoms with van der Waals surface area (Å²) in [4.78, 5) is 11.3. The summed E-state index contributed by atoms with van der Waals surface area (Å²) in [5.74, 6) is 1.94. The molecule has 2 aromatic rings. The van der Waals surface area contributed by atoms with Crippen molar-refractivity contribution in [3.63, 3.8) is 0 Å². The Balaban J connectivity index is 2.30. The second-order valence-electron chi connectivity index (χ2n) is 4.34. The molecule has 0 radical (unpaired) electrons. The molecule has 0 spiro atoms. The molecular formula is C16H16O3. The van der Waals surface area contributed by atoms with E-state index >= 15 is 0 Å². The molecule has 0 N–H and O–H groups in total. The molecule has 19 heavy (non-hydrogen) atoms. The van der Waals surface area contributed by atoms with Gasteiger partial charge in [-0.05, 0) is 43.7 Å². The number of hydrogen-bond acceptors (Lipinski definition) is 3. The van der Waals surface area contributed by atoms with E-state index in [2.05, 4.69) is 0 Å². The maximum absolute atomic E-state index is 11.3. The van der Waals surface area contributed by atoms with Crippen molar-refractivity contribution >= 4 is 5.78 Å². The van der Waals surface area contributed by atoms with Crippen molar-refractivity contribution in [2.75, 3.05) is 7.11 Å². The molecule has 0 fully saturated rings. The third-order valence-electron chi connectivity index (χ3n) is 2.79. The number of Topliss-reactive ketones (excluding diaryl/α,β-unsaturated/α-hetero) is 1. The molecule has 0 aromatic heterocycles. The Labute approximate surface area is 112 Å². The number of benzene rings is 2. The van der Waals surface area contributed by atoms with Crippen LogP contribution in [0.3, 0.4) is 0 Å². The van der Waals surface area contributed by atoms with Gasteiger partial charge in [-0.3, -0.25) is 4.79 Å². The van der Waals surface area contributed by atoms with E-state index in [0.717, 1.165) is 5.56 Å². The van der Waals surface area contributed by atoms with Crippen LogP contribution in [0.25, 0.3) is 0 Å². The van der Waals surface area contributed by atoms with Crippen LogP contribution >= 0.6 is 0 Å². The Morgan fingerprint density at radius 1 is 1.05 bits per heavy atom. The highest BCUT2D eigenvalue weighted by atomic mass is 16.5. The third kappa shape index (κ3) is 3.13. The van der Waals surface area contributed by atoms with Gasteiger partial charge in [0.1, 0.15) is 5.75 Å². The number of rotatable bonds is 4. The molecule has 3 heteroatoms. The normalized spacial score (nSPS) is 10.1. The number of methoxy groups -OCH3 is 1. The van der Waals surface area contributed by atoms with Gasteiger partial charge in [0.15, 0.2) is 17.3 Å². The van der Waals surface area contributed by atoms with Crippen molar-refractivity contribution in [3.8, 4) is 17.2 Å². The van der Waals surface area contributed by atoms with Gasteiger partial charge in [0, 0.05) is 5.56 Å². The van der Waals surface area contributed by atoms with Gasteiger partial charge in [-0.15, -0.1) is 0 Å². The molecule has 0 aliphatic carbocycles. The summed E-state index contributed by atoms with van der Waals surface area (Å²) in [6.45, 7) is 3.52. The lowest BCUT2D eigenvalue weighted by Gasteiger charge is -2.11. The zero-order chi connectivity index (χ0) is 13.8. The van der Waals surface area contributed by atoms with Gasteiger partial charge >= 0.3 is 0 Å². The Morgan fingerprint density at radius 2 is 1.84 bits per heavy atom.